The summed E-state index contributed by atoms with van der Waals surface area (Å²) in [4.78, 5) is 14.7. The molecule has 0 bridgehead atoms. The third kappa shape index (κ3) is 2.12. The van der Waals surface area contributed by atoms with Crippen molar-refractivity contribution >= 4 is 17.3 Å². The number of hydrogen-bond donors (Lipinski definition) is 1. The Bertz CT molecular complexity index is 502. The zero-order valence-corrected chi connectivity index (χ0v) is 9.62. The SMILES string of the molecule is CCc1ccc(-c2csc(C(=O)O)n2)cc1. The highest BCUT2D eigenvalue weighted by molar-refractivity contribution is 7.11. The molecule has 0 aliphatic heterocycles. The number of carboxylic acids is 1. The van der Waals surface area contributed by atoms with E-state index in [1.165, 1.54) is 5.56 Å². The van der Waals surface area contributed by atoms with Crippen LogP contribution in [0.15, 0.2) is 29.6 Å². The van der Waals surface area contributed by atoms with Crippen LogP contribution in [-0.4, -0.2) is 16.1 Å². The van der Waals surface area contributed by atoms with Gasteiger partial charge in [-0.25, -0.2) is 9.78 Å². The quantitative estimate of drug-likeness (QED) is 0.886. The van der Waals surface area contributed by atoms with Gasteiger partial charge in [-0.2, -0.15) is 0 Å². The Balaban J connectivity index is 2.31. The molecule has 0 fully saturated rings. The fourth-order valence-electron chi connectivity index (χ4n) is 1.42. The van der Waals surface area contributed by atoms with Gasteiger partial charge in [-0.15, -0.1) is 11.3 Å². The molecule has 1 heterocycles. The van der Waals surface area contributed by atoms with Crippen molar-refractivity contribution in [1.82, 2.24) is 4.98 Å². The number of hydrogen-bond acceptors (Lipinski definition) is 3. The second-order valence-electron chi connectivity index (χ2n) is 3.39. The first-order valence-electron chi connectivity index (χ1n) is 4.99. The van der Waals surface area contributed by atoms with Crippen LogP contribution in [0.3, 0.4) is 0 Å². The van der Waals surface area contributed by atoms with E-state index in [1.54, 1.807) is 5.38 Å². The van der Waals surface area contributed by atoms with E-state index in [9.17, 15) is 4.79 Å². The predicted octanol–water partition coefficient (Wildman–Crippen LogP) is 3.07. The number of aryl methyl sites for hydroxylation is 1. The van der Waals surface area contributed by atoms with E-state index in [1.807, 2.05) is 24.3 Å². The van der Waals surface area contributed by atoms with Crippen molar-refractivity contribution in [2.24, 2.45) is 0 Å². The third-order valence-electron chi connectivity index (χ3n) is 2.35. The Morgan fingerprint density at radius 3 is 2.56 bits per heavy atom. The number of aromatic nitrogens is 1. The van der Waals surface area contributed by atoms with Gasteiger partial charge in [0.15, 0.2) is 0 Å². The zero-order chi connectivity index (χ0) is 11.5. The molecule has 0 atom stereocenters. The van der Waals surface area contributed by atoms with Crippen LogP contribution >= 0.6 is 11.3 Å². The first kappa shape index (κ1) is 10.8. The van der Waals surface area contributed by atoms with Gasteiger partial charge in [0, 0.05) is 10.9 Å². The lowest BCUT2D eigenvalue weighted by molar-refractivity contribution is 0.0696. The monoisotopic (exact) mass is 233 g/mol. The summed E-state index contributed by atoms with van der Waals surface area (Å²) in [6.07, 6.45) is 0.998. The van der Waals surface area contributed by atoms with Gasteiger partial charge in [0.1, 0.15) is 0 Å². The lowest BCUT2D eigenvalue weighted by Gasteiger charge is -1.98. The lowest BCUT2D eigenvalue weighted by atomic mass is 10.1. The molecule has 1 aromatic heterocycles. The first-order chi connectivity index (χ1) is 7.70. The van der Waals surface area contributed by atoms with Gasteiger partial charge < -0.3 is 5.11 Å². The topological polar surface area (TPSA) is 50.2 Å². The zero-order valence-electron chi connectivity index (χ0n) is 8.80. The molecule has 4 heteroatoms. The summed E-state index contributed by atoms with van der Waals surface area (Å²) in [6, 6.07) is 8.02. The number of nitrogens with zero attached hydrogens (tertiary/aromatic N) is 1. The standard InChI is InChI=1S/C12H11NO2S/c1-2-8-3-5-9(6-4-8)10-7-16-11(13-10)12(14)15/h3-7H,2H2,1H3,(H,14,15). The molecule has 2 rings (SSSR count). The molecule has 0 unspecified atom stereocenters. The average Bonchev–Trinajstić information content (AvgIpc) is 2.78. The largest absolute Gasteiger partial charge is 0.476 e. The summed E-state index contributed by atoms with van der Waals surface area (Å²) in [6.45, 7) is 2.10. The van der Waals surface area contributed by atoms with Crippen molar-refractivity contribution < 1.29 is 9.90 Å². The minimum Gasteiger partial charge on any atom is -0.476 e. The van der Waals surface area contributed by atoms with E-state index in [0.29, 0.717) is 0 Å². The van der Waals surface area contributed by atoms with Crippen molar-refractivity contribution in [3.05, 3.63) is 40.2 Å². The highest BCUT2D eigenvalue weighted by Gasteiger charge is 2.09. The van der Waals surface area contributed by atoms with E-state index >= 15 is 0 Å². The van der Waals surface area contributed by atoms with Crippen LogP contribution < -0.4 is 0 Å². The molecule has 0 aliphatic carbocycles. The number of benzene rings is 1. The fraction of sp³-hybridized carbons (Fsp3) is 0.167. The van der Waals surface area contributed by atoms with Crippen LogP contribution in [-0.2, 0) is 6.42 Å². The van der Waals surface area contributed by atoms with Gasteiger partial charge in [-0.1, -0.05) is 31.2 Å². The maximum absolute atomic E-state index is 10.7. The summed E-state index contributed by atoms with van der Waals surface area (Å²) >= 11 is 1.15. The van der Waals surface area contributed by atoms with Gasteiger partial charge in [-0.3, -0.25) is 0 Å². The van der Waals surface area contributed by atoms with Gasteiger partial charge >= 0.3 is 5.97 Å². The Morgan fingerprint density at radius 2 is 2.06 bits per heavy atom. The highest BCUT2D eigenvalue weighted by Crippen LogP contribution is 2.22. The van der Waals surface area contributed by atoms with Crippen LogP contribution in [0.5, 0.6) is 0 Å². The van der Waals surface area contributed by atoms with Crippen molar-refractivity contribution in [3.63, 3.8) is 0 Å². The van der Waals surface area contributed by atoms with Gasteiger partial charge in [0.05, 0.1) is 5.69 Å². The Kier molecular flexibility index (Phi) is 3.01. The molecule has 0 saturated carbocycles. The summed E-state index contributed by atoms with van der Waals surface area (Å²) < 4.78 is 0. The molecular formula is C12H11NO2S. The number of rotatable bonds is 3. The Morgan fingerprint density at radius 1 is 1.38 bits per heavy atom. The van der Waals surface area contributed by atoms with E-state index in [-0.39, 0.29) is 5.01 Å². The molecule has 0 radical (unpaired) electrons. The van der Waals surface area contributed by atoms with Crippen LogP contribution in [0, 0.1) is 0 Å². The first-order valence-corrected chi connectivity index (χ1v) is 5.87. The summed E-state index contributed by atoms with van der Waals surface area (Å²) in [5, 5.41) is 10.7. The number of carbonyl (C=O) groups is 1. The Hall–Kier alpha value is -1.68. The van der Waals surface area contributed by atoms with E-state index < -0.39 is 5.97 Å². The maximum Gasteiger partial charge on any atom is 0.365 e. The minimum absolute atomic E-state index is 0.134. The van der Waals surface area contributed by atoms with E-state index in [4.69, 9.17) is 5.11 Å². The number of thiazole rings is 1. The molecule has 0 amide bonds. The van der Waals surface area contributed by atoms with Crippen LogP contribution in [0.4, 0.5) is 0 Å². The molecule has 16 heavy (non-hydrogen) atoms. The van der Waals surface area contributed by atoms with E-state index in [0.717, 1.165) is 29.0 Å². The van der Waals surface area contributed by atoms with Crippen LogP contribution in [0.2, 0.25) is 0 Å². The maximum atomic E-state index is 10.7. The minimum atomic E-state index is -0.971. The number of aromatic carboxylic acids is 1. The predicted molar refractivity (Wildman–Crippen MR) is 63.9 cm³/mol. The number of carboxylic acid groups (broad SMARTS) is 1. The van der Waals surface area contributed by atoms with Crippen molar-refractivity contribution in [1.29, 1.82) is 0 Å². The highest BCUT2D eigenvalue weighted by atomic mass is 32.1. The smallest absolute Gasteiger partial charge is 0.365 e. The molecule has 1 aromatic carbocycles. The second kappa shape index (κ2) is 4.45. The molecular weight excluding hydrogens is 222 g/mol. The van der Waals surface area contributed by atoms with Gasteiger partial charge in [0.2, 0.25) is 5.01 Å². The lowest BCUT2D eigenvalue weighted by Crippen LogP contribution is -1.94. The molecule has 82 valence electrons. The second-order valence-corrected chi connectivity index (χ2v) is 4.25. The van der Waals surface area contributed by atoms with E-state index in [2.05, 4.69) is 11.9 Å². The van der Waals surface area contributed by atoms with Crippen molar-refractivity contribution in [2.45, 2.75) is 13.3 Å². The van der Waals surface area contributed by atoms with Crippen LogP contribution in [0.1, 0.15) is 22.3 Å². The summed E-state index contributed by atoms with van der Waals surface area (Å²) in [5.74, 6) is -0.971. The van der Waals surface area contributed by atoms with Gasteiger partial charge in [-0.05, 0) is 12.0 Å². The molecule has 0 aliphatic rings. The van der Waals surface area contributed by atoms with Crippen molar-refractivity contribution in [3.8, 4) is 11.3 Å². The Labute approximate surface area is 97.4 Å². The average molecular weight is 233 g/mol. The fourth-order valence-corrected chi connectivity index (χ4v) is 2.08. The molecule has 3 nitrogen and oxygen atoms in total. The summed E-state index contributed by atoms with van der Waals surface area (Å²) in [7, 11) is 0. The summed E-state index contributed by atoms with van der Waals surface area (Å²) in [5.41, 5.74) is 2.95. The molecule has 0 spiro atoms. The van der Waals surface area contributed by atoms with Gasteiger partial charge in [0.25, 0.3) is 0 Å². The van der Waals surface area contributed by atoms with Crippen LogP contribution in [0.25, 0.3) is 11.3 Å². The normalized spacial score (nSPS) is 10.3. The third-order valence-corrected chi connectivity index (χ3v) is 3.18. The van der Waals surface area contributed by atoms with Crippen molar-refractivity contribution in [2.75, 3.05) is 0 Å². The molecule has 0 saturated heterocycles. The molecule has 1 N–H and O–H groups in total. The molecule has 2 aromatic rings.